The Morgan fingerprint density at radius 2 is 2.38 bits per heavy atom. The maximum atomic E-state index is 4.30. The summed E-state index contributed by atoms with van der Waals surface area (Å²) in [6, 6.07) is 0.734. The van der Waals surface area contributed by atoms with E-state index in [0.717, 1.165) is 30.7 Å². The third kappa shape index (κ3) is 2.82. The van der Waals surface area contributed by atoms with Gasteiger partial charge in [-0.25, -0.2) is 4.98 Å². The first kappa shape index (κ1) is 11.6. The van der Waals surface area contributed by atoms with Gasteiger partial charge in [0.1, 0.15) is 12.2 Å². The topological polar surface area (TPSA) is 42.7 Å². The standard InChI is InChI=1S/C12H22N4/c1-3-6-13-11-5-4-10(7-11)8-12-14-9-15-16(12)2/h9-11,13H,3-8H2,1-2H3. The first-order valence-electron chi connectivity index (χ1n) is 6.35. The molecule has 0 bridgehead atoms. The molecule has 0 spiro atoms. The molecule has 0 radical (unpaired) electrons. The van der Waals surface area contributed by atoms with E-state index in [2.05, 4.69) is 22.3 Å². The van der Waals surface area contributed by atoms with Crippen LogP contribution in [0.3, 0.4) is 0 Å². The summed E-state index contributed by atoms with van der Waals surface area (Å²) in [7, 11) is 1.98. The Morgan fingerprint density at radius 3 is 3.06 bits per heavy atom. The fourth-order valence-corrected chi connectivity index (χ4v) is 2.56. The molecule has 90 valence electrons. The third-order valence-electron chi connectivity index (χ3n) is 3.50. The average molecular weight is 222 g/mol. The minimum absolute atomic E-state index is 0.734. The van der Waals surface area contributed by atoms with Crippen molar-refractivity contribution in [3.05, 3.63) is 12.2 Å². The summed E-state index contributed by atoms with van der Waals surface area (Å²) in [5, 5.41) is 7.73. The number of hydrogen-bond acceptors (Lipinski definition) is 3. The second-order valence-electron chi connectivity index (χ2n) is 4.83. The van der Waals surface area contributed by atoms with Crippen LogP contribution in [0.2, 0.25) is 0 Å². The predicted molar refractivity (Wildman–Crippen MR) is 64.1 cm³/mol. The summed E-state index contributed by atoms with van der Waals surface area (Å²) < 4.78 is 1.90. The maximum Gasteiger partial charge on any atom is 0.138 e. The van der Waals surface area contributed by atoms with Crippen LogP contribution in [0.25, 0.3) is 0 Å². The Morgan fingerprint density at radius 1 is 1.50 bits per heavy atom. The summed E-state index contributed by atoms with van der Waals surface area (Å²) in [6.45, 7) is 3.38. The van der Waals surface area contributed by atoms with Crippen LogP contribution in [0.5, 0.6) is 0 Å². The lowest BCUT2D eigenvalue weighted by atomic mass is 10.0. The Labute approximate surface area is 97.5 Å². The summed E-state index contributed by atoms with van der Waals surface area (Å²) in [6.07, 6.45) is 7.91. The molecule has 2 rings (SSSR count). The van der Waals surface area contributed by atoms with Gasteiger partial charge in [0.05, 0.1) is 0 Å². The minimum atomic E-state index is 0.734. The lowest BCUT2D eigenvalue weighted by Crippen LogP contribution is -2.27. The molecule has 4 nitrogen and oxygen atoms in total. The summed E-state index contributed by atoms with van der Waals surface area (Å²) in [4.78, 5) is 4.30. The van der Waals surface area contributed by atoms with Gasteiger partial charge in [-0.15, -0.1) is 0 Å². The summed E-state index contributed by atoms with van der Waals surface area (Å²) in [5.74, 6) is 1.92. The molecule has 0 saturated heterocycles. The molecular formula is C12H22N4. The number of nitrogens with zero attached hydrogens (tertiary/aromatic N) is 3. The van der Waals surface area contributed by atoms with Gasteiger partial charge in [0, 0.05) is 19.5 Å². The van der Waals surface area contributed by atoms with Gasteiger partial charge in [-0.2, -0.15) is 5.10 Å². The first-order chi connectivity index (χ1) is 7.79. The molecule has 1 N–H and O–H groups in total. The van der Waals surface area contributed by atoms with E-state index in [4.69, 9.17) is 0 Å². The highest BCUT2D eigenvalue weighted by Crippen LogP contribution is 2.27. The van der Waals surface area contributed by atoms with Crippen molar-refractivity contribution in [3.63, 3.8) is 0 Å². The van der Waals surface area contributed by atoms with Crippen LogP contribution >= 0.6 is 0 Å². The smallest absolute Gasteiger partial charge is 0.138 e. The van der Waals surface area contributed by atoms with Crippen molar-refractivity contribution >= 4 is 0 Å². The van der Waals surface area contributed by atoms with Crippen molar-refractivity contribution in [1.82, 2.24) is 20.1 Å². The molecule has 16 heavy (non-hydrogen) atoms. The Balaban J connectivity index is 1.79. The quantitative estimate of drug-likeness (QED) is 0.821. The highest BCUT2D eigenvalue weighted by Gasteiger charge is 2.25. The highest BCUT2D eigenvalue weighted by molar-refractivity contribution is 4.91. The summed E-state index contributed by atoms with van der Waals surface area (Å²) in [5.41, 5.74) is 0. The van der Waals surface area contributed by atoms with Gasteiger partial charge in [0.2, 0.25) is 0 Å². The molecule has 1 fully saturated rings. The zero-order chi connectivity index (χ0) is 11.4. The van der Waals surface area contributed by atoms with E-state index in [-0.39, 0.29) is 0 Å². The highest BCUT2D eigenvalue weighted by atomic mass is 15.3. The monoisotopic (exact) mass is 222 g/mol. The molecule has 0 aromatic carbocycles. The van der Waals surface area contributed by atoms with E-state index in [1.54, 1.807) is 6.33 Å². The van der Waals surface area contributed by atoms with Crippen LogP contribution in [0.1, 0.15) is 38.4 Å². The maximum absolute atomic E-state index is 4.30. The van der Waals surface area contributed by atoms with Gasteiger partial charge in [-0.3, -0.25) is 4.68 Å². The Bertz CT molecular complexity index is 321. The first-order valence-corrected chi connectivity index (χ1v) is 6.35. The van der Waals surface area contributed by atoms with Crippen LogP contribution in [-0.4, -0.2) is 27.4 Å². The van der Waals surface area contributed by atoms with Crippen molar-refractivity contribution in [2.24, 2.45) is 13.0 Å². The van der Waals surface area contributed by atoms with Crippen molar-refractivity contribution in [1.29, 1.82) is 0 Å². The Kier molecular flexibility index (Phi) is 3.93. The summed E-state index contributed by atoms with van der Waals surface area (Å²) >= 11 is 0. The minimum Gasteiger partial charge on any atom is -0.314 e. The number of nitrogens with one attached hydrogen (secondary N) is 1. The number of rotatable bonds is 5. The largest absolute Gasteiger partial charge is 0.314 e. The molecular weight excluding hydrogens is 200 g/mol. The molecule has 1 heterocycles. The number of aryl methyl sites for hydroxylation is 1. The molecule has 2 unspecified atom stereocenters. The molecule has 1 aliphatic carbocycles. The molecule has 1 aromatic rings. The van der Waals surface area contributed by atoms with E-state index in [1.807, 2.05) is 11.7 Å². The molecule has 4 heteroatoms. The van der Waals surface area contributed by atoms with E-state index >= 15 is 0 Å². The number of hydrogen-bond donors (Lipinski definition) is 1. The van der Waals surface area contributed by atoms with Crippen LogP contribution in [-0.2, 0) is 13.5 Å². The second kappa shape index (κ2) is 5.43. The zero-order valence-electron chi connectivity index (χ0n) is 10.3. The van der Waals surface area contributed by atoms with Crippen LogP contribution in [0.4, 0.5) is 0 Å². The van der Waals surface area contributed by atoms with Crippen molar-refractivity contribution in [2.75, 3.05) is 6.54 Å². The molecule has 0 amide bonds. The van der Waals surface area contributed by atoms with E-state index in [9.17, 15) is 0 Å². The van der Waals surface area contributed by atoms with Crippen LogP contribution in [0.15, 0.2) is 6.33 Å². The molecule has 1 saturated carbocycles. The van der Waals surface area contributed by atoms with Crippen molar-refractivity contribution in [3.8, 4) is 0 Å². The van der Waals surface area contributed by atoms with E-state index < -0.39 is 0 Å². The van der Waals surface area contributed by atoms with Gasteiger partial charge in [-0.1, -0.05) is 6.92 Å². The average Bonchev–Trinajstić information content (AvgIpc) is 2.87. The molecule has 0 aliphatic heterocycles. The van der Waals surface area contributed by atoms with Gasteiger partial charge in [0.25, 0.3) is 0 Å². The van der Waals surface area contributed by atoms with Gasteiger partial charge >= 0.3 is 0 Å². The van der Waals surface area contributed by atoms with Crippen LogP contribution in [0, 0.1) is 5.92 Å². The Hall–Kier alpha value is -0.900. The molecule has 2 atom stereocenters. The SMILES string of the molecule is CCCNC1CCC(Cc2ncnn2C)C1. The predicted octanol–water partition coefficient (Wildman–Crippen LogP) is 1.53. The molecule has 1 aliphatic rings. The fourth-order valence-electron chi connectivity index (χ4n) is 2.56. The lowest BCUT2D eigenvalue weighted by Gasteiger charge is -2.12. The van der Waals surface area contributed by atoms with Gasteiger partial charge in [-0.05, 0) is 38.1 Å². The van der Waals surface area contributed by atoms with E-state index in [0.29, 0.717) is 0 Å². The molecule has 1 aromatic heterocycles. The van der Waals surface area contributed by atoms with Gasteiger partial charge in [0.15, 0.2) is 0 Å². The zero-order valence-corrected chi connectivity index (χ0v) is 10.3. The van der Waals surface area contributed by atoms with Gasteiger partial charge < -0.3 is 5.32 Å². The van der Waals surface area contributed by atoms with Crippen LogP contribution < -0.4 is 5.32 Å². The second-order valence-corrected chi connectivity index (χ2v) is 4.83. The van der Waals surface area contributed by atoms with Crippen molar-refractivity contribution in [2.45, 2.75) is 45.1 Å². The van der Waals surface area contributed by atoms with Crippen molar-refractivity contribution < 1.29 is 0 Å². The normalized spacial score (nSPS) is 25.1. The number of aromatic nitrogens is 3. The fraction of sp³-hybridized carbons (Fsp3) is 0.833. The third-order valence-corrected chi connectivity index (χ3v) is 3.50. The van der Waals surface area contributed by atoms with E-state index in [1.165, 1.54) is 25.7 Å². The lowest BCUT2D eigenvalue weighted by molar-refractivity contribution is 0.471.